The van der Waals surface area contributed by atoms with Crippen LogP contribution in [-0.4, -0.2) is 55.1 Å². The number of hydrogen-bond donors (Lipinski definition) is 0. The van der Waals surface area contributed by atoms with Crippen LogP contribution >= 0.6 is 0 Å². The molecule has 3 rings (SSSR count). The molecule has 1 saturated heterocycles. The molecule has 29 heavy (non-hydrogen) atoms. The summed E-state index contributed by atoms with van der Waals surface area (Å²) in [5, 5.41) is 0. The lowest BCUT2D eigenvalue weighted by molar-refractivity contribution is 0.386. The van der Waals surface area contributed by atoms with E-state index in [4.69, 9.17) is 9.97 Å². The second-order valence-electron chi connectivity index (χ2n) is 8.44. The normalized spacial score (nSPS) is 15.9. The Morgan fingerprint density at radius 2 is 1.76 bits per heavy atom. The van der Waals surface area contributed by atoms with Crippen LogP contribution in [0.2, 0.25) is 0 Å². The van der Waals surface area contributed by atoms with E-state index < -0.39 is 10.0 Å². The molecular weight excluding hydrogens is 384 g/mol. The van der Waals surface area contributed by atoms with E-state index in [1.165, 1.54) is 17.4 Å². The fourth-order valence-corrected chi connectivity index (χ4v) is 4.65. The highest BCUT2D eigenvalue weighted by Gasteiger charge is 2.26. The lowest BCUT2D eigenvalue weighted by Gasteiger charge is -2.35. The molecule has 1 aromatic carbocycles. The largest absolute Gasteiger partial charge is 0.354 e. The first-order chi connectivity index (χ1) is 13.6. The molecular formula is C22H32N4O2S. The number of piperazine rings is 1. The van der Waals surface area contributed by atoms with E-state index in [-0.39, 0.29) is 0 Å². The lowest BCUT2D eigenvalue weighted by Crippen LogP contribution is -2.49. The van der Waals surface area contributed by atoms with Crippen molar-refractivity contribution >= 4 is 15.8 Å². The Kier molecular flexibility index (Phi) is 6.58. The van der Waals surface area contributed by atoms with Gasteiger partial charge in [-0.3, -0.25) is 0 Å². The number of aryl methyl sites for hydroxylation is 2. The fourth-order valence-electron chi connectivity index (χ4n) is 3.82. The van der Waals surface area contributed by atoms with Gasteiger partial charge in [0.05, 0.1) is 6.26 Å². The average Bonchev–Trinajstić information content (AvgIpc) is 2.63. The molecule has 1 aliphatic heterocycles. The van der Waals surface area contributed by atoms with E-state index in [0.717, 1.165) is 35.7 Å². The summed E-state index contributed by atoms with van der Waals surface area (Å²) < 4.78 is 25.3. The second-order valence-corrected chi connectivity index (χ2v) is 10.4. The highest BCUT2D eigenvalue weighted by Crippen LogP contribution is 2.26. The second kappa shape index (κ2) is 8.79. The van der Waals surface area contributed by atoms with Crippen LogP contribution in [0.15, 0.2) is 24.3 Å². The Morgan fingerprint density at radius 3 is 2.34 bits per heavy atom. The first kappa shape index (κ1) is 21.7. The fraction of sp³-hybridized carbons (Fsp3) is 0.545. The zero-order valence-corrected chi connectivity index (χ0v) is 19.0. The van der Waals surface area contributed by atoms with Crippen molar-refractivity contribution in [3.05, 3.63) is 52.5 Å². The maximum atomic E-state index is 11.9. The van der Waals surface area contributed by atoms with Gasteiger partial charge in [0.1, 0.15) is 11.6 Å². The van der Waals surface area contributed by atoms with Crippen molar-refractivity contribution in [3.63, 3.8) is 0 Å². The van der Waals surface area contributed by atoms with E-state index in [1.54, 1.807) is 4.31 Å². The van der Waals surface area contributed by atoms with Crippen LogP contribution in [0.1, 0.15) is 42.1 Å². The van der Waals surface area contributed by atoms with Gasteiger partial charge in [-0.15, -0.1) is 0 Å². The van der Waals surface area contributed by atoms with E-state index in [0.29, 0.717) is 32.1 Å². The molecule has 0 amide bonds. The van der Waals surface area contributed by atoms with Gasteiger partial charge in [-0.1, -0.05) is 43.7 Å². The zero-order valence-electron chi connectivity index (χ0n) is 18.1. The van der Waals surface area contributed by atoms with Gasteiger partial charge >= 0.3 is 0 Å². The van der Waals surface area contributed by atoms with Crippen LogP contribution in [-0.2, 0) is 22.9 Å². The number of anilines is 1. The van der Waals surface area contributed by atoms with Crippen molar-refractivity contribution in [2.24, 2.45) is 5.92 Å². The monoisotopic (exact) mass is 416 g/mol. The Hall–Kier alpha value is -1.99. The molecule has 158 valence electrons. The summed E-state index contributed by atoms with van der Waals surface area (Å²) in [4.78, 5) is 12.0. The molecule has 0 radical (unpaired) electrons. The van der Waals surface area contributed by atoms with Gasteiger partial charge in [0.2, 0.25) is 10.0 Å². The van der Waals surface area contributed by atoms with Gasteiger partial charge in [0.15, 0.2) is 0 Å². The lowest BCUT2D eigenvalue weighted by atomic mass is 10.0. The number of sulfonamides is 1. The highest BCUT2D eigenvalue weighted by molar-refractivity contribution is 7.88. The van der Waals surface area contributed by atoms with Gasteiger partial charge in [-0.05, 0) is 25.3 Å². The minimum atomic E-state index is -3.15. The molecule has 2 aromatic rings. The van der Waals surface area contributed by atoms with Crippen LogP contribution in [0.4, 0.5) is 5.82 Å². The topological polar surface area (TPSA) is 66.4 Å². The molecule has 0 bridgehead atoms. The smallest absolute Gasteiger partial charge is 0.211 e. The third-order valence-electron chi connectivity index (χ3n) is 5.30. The third-order valence-corrected chi connectivity index (χ3v) is 6.60. The summed E-state index contributed by atoms with van der Waals surface area (Å²) in [6.07, 6.45) is 2.89. The van der Waals surface area contributed by atoms with Gasteiger partial charge < -0.3 is 4.90 Å². The van der Waals surface area contributed by atoms with Gasteiger partial charge in [0.25, 0.3) is 0 Å². The van der Waals surface area contributed by atoms with Crippen molar-refractivity contribution in [3.8, 4) is 0 Å². The molecule has 0 saturated carbocycles. The average molecular weight is 417 g/mol. The Labute approximate surface area is 175 Å². The Morgan fingerprint density at radius 1 is 1.07 bits per heavy atom. The summed E-state index contributed by atoms with van der Waals surface area (Å²) in [5.74, 6) is 2.31. The minimum Gasteiger partial charge on any atom is -0.354 e. The van der Waals surface area contributed by atoms with Crippen molar-refractivity contribution in [1.82, 2.24) is 14.3 Å². The molecule has 0 N–H and O–H groups in total. The number of rotatable bonds is 6. The number of benzene rings is 1. The Balaban J connectivity index is 1.95. The standard InChI is InChI=1S/C22H32N4O2S/c1-16(2)13-21-23-18(4)20(15-19-8-6-7-17(3)14-19)22(24-21)25-9-11-26(12-10-25)29(5,27)28/h6-8,14,16H,9-13,15H2,1-5H3. The van der Waals surface area contributed by atoms with Crippen molar-refractivity contribution in [2.75, 3.05) is 37.3 Å². The first-order valence-corrected chi connectivity index (χ1v) is 12.1. The predicted octanol–water partition coefficient (Wildman–Crippen LogP) is 2.96. The van der Waals surface area contributed by atoms with Crippen molar-refractivity contribution in [2.45, 2.75) is 40.5 Å². The number of aromatic nitrogens is 2. The predicted molar refractivity (Wildman–Crippen MR) is 118 cm³/mol. The summed E-state index contributed by atoms with van der Waals surface area (Å²) in [7, 11) is -3.15. The van der Waals surface area contributed by atoms with E-state index >= 15 is 0 Å². The molecule has 0 aliphatic carbocycles. The first-order valence-electron chi connectivity index (χ1n) is 10.3. The summed E-state index contributed by atoms with van der Waals surface area (Å²) in [5.41, 5.74) is 4.62. The summed E-state index contributed by atoms with van der Waals surface area (Å²) in [6, 6.07) is 8.52. The molecule has 1 fully saturated rings. The SMILES string of the molecule is Cc1cccc(Cc2c(C)nc(CC(C)C)nc2N2CCN(S(C)(=O)=O)CC2)c1. The van der Waals surface area contributed by atoms with E-state index in [9.17, 15) is 8.42 Å². The summed E-state index contributed by atoms with van der Waals surface area (Å²) >= 11 is 0. The molecule has 0 atom stereocenters. The Bertz CT molecular complexity index is 965. The van der Waals surface area contributed by atoms with Crippen molar-refractivity contribution in [1.29, 1.82) is 0 Å². The molecule has 0 spiro atoms. The maximum absolute atomic E-state index is 11.9. The maximum Gasteiger partial charge on any atom is 0.211 e. The van der Waals surface area contributed by atoms with Crippen LogP contribution in [0.25, 0.3) is 0 Å². The zero-order chi connectivity index (χ0) is 21.2. The minimum absolute atomic E-state index is 0.479. The van der Waals surface area contributed by atoms with Crippen LogP contribution in [0.5, 0.6) is 0 Å². The van der Waals surface area contributed by atoms with Crippen LogP contribution < -0.4 is 4.90 Å². The van der Waals surface area contributed by atoms with Gasteiger partial charge in [-0.2, -0.15) is 4.31 Å². The van der Waals surface area contributed by atoms with Crippen LogP contribution in [0.3, 0.4) is 0 Å². The molecule has 1 aromatic heterocycles. The summed E-state index contributed by atoms with van der Waals surface area (Å²) in [6.45, 7) is 10.8. The van der Waals surface area contributed by atoms with E-state index in [2.05, 4.69) is 56.9 Å². The molecule has 2 heterocycles. The quantitative estimate of drug-likeness (QED) is 0.724. The van der Waals surface area contributed by atoms with E-state index in [1.807, 2.05) is 0 Å². The number of nitrogens with zero attached hydrogens (tertiary/aromatic N) is 4. The molecule has 1 aliphatic rings. The molecule has 0 unspecified atom stereocenters. The molecule has 6 nitrogen and oxygen atoms in total. The van der Waals surface area contributed by atoms with Crippen LogP contribution in [0, 0.1) is 19.8 Å². The van der Waals surface area contributed by atoms with Gasteiger partial charge in [-0.25, -0.2) is 18.4 Å². The highest BCUT2D eigenvalue weighted by atomic mass is 32.2. The third kappa shape index (κ3) is 5.54. The van der Waals surface area contributed by atoms with Gasteiger partial charge in [0, 0.05) is 50.3 Å². The van der Waals surface area contributed by atoms with Crippen molar-refractivity contribution < 1.29 is 8.42 Å². The number of hydrogen-bond acceptors (Lipinski definition) is 5. The molecule has 7 heteroatoms.